The molecule has 0 aliphatic carbocycles. The molecule has 0 bridgehead atoms. The van der Waals surface area contributed by atoms with Crippen molar-refractivity contribution in [3.63, 3.8) is 0 Å². The Kier molecular flexibility index (Phi) is 4.27. The summed E-state index contributed by atoms with van der Waals surface area (Å²) in [5.41, 5.74) is 0.602. The fourth-order valence-corrected chi connectivity index (χ4v) is 2.69. The summed E-state index contributed by atoms with van der Waals surface area (Å²) in [7, 11) is 0. The number of carboxylic acid groups (broad SMARTS) is 1. The van der Waals surface area contributed by atoms with Gasteiger partial charge in [0.05, 0.1) is 12.3 Å². The molecule has 1 aromatic rings. The zero-order valence-electron chi connectivity index (χ0n) is 11.5. The van der Waals surface area contributed by atoms with Crippen LogP contribution in [0, 0.1) is 5.92 Å². The summed E-state index contributed by atoms with van der Waals surface area (Å²) in [6.07, 6.45) is 1.13. The molecule has 2 rings (SSSR count). The molecule has 2 N–H and O–H groups in total. The molecule has 2 atom stereocenters. The maximum absolute atomic E-state index is 12.3. The fraction of sp³-hybridized carbons (Fsp3) is 0.467. The van der Waals surface area contributed by atoms with Crippen LogP contribution in [0.5, 0.6) is 5.75 Å². The summed E-state index contributed by atoms with van der Waals surface area (Å²) in [4.78, 5) is 25.0. The summed E-state index contributed by atoms with van der Waals surface area (Å²) < 4.78 is 0. The maximum atomic E-state index is 12.3. The standard InChI is InChI=1S/C15H19NO4/c1-10-8-12(15(19)20)6-7-16(10)14(18)9-11-4-2-3-5-13(11)17/h2-5,10,12,17H,6-9H2,1H3,(H,19,20). The van der Waals surface area contributed by atoms with Crippen LogP contribution in [0.3, 0.4) is 0 Å². The van der Waals surface area contributed by atoms with E-state index in [2.05, 4.69) is 0 Å². The van der Waals surface area contributed by atoms with Gasteiger partial charge in [0.25, 0.3) is 0 Å². The monoisotopic (exact) mass is 277 g/mol. The number of para-hydroxylation sites is 1. The van der Waals surface area contributed by atoms with Crippen molar-refractivity contribution in [2.45, 2.75) is 32.2 Å². The molecule has 1 amide bonds. The van der Waals surface area contributed by atoms with E-state index in [9.17, 15) is 14.7 Å². The summed E-state index contributed by atoms with van der Waals surface area (Å²) in [6.45, 7) is 2.34. The summed E-state index contributed by atoms with van der Waals surface area (Å²) >= 11 is 0. The van der Waals surface area contributed by atoms with Crippen LogP contribution < -0.4 is 0 Å². The fourth-order valence-electron chi connectivity index (χ4n) is 2.69. The number of phenolic OH excluding ortho intramolecular Hbond substituents is 1. The van der Waals surface area contributed by atoms with Crippen molar-refractivity contribution < 1.29 is 19.8 Å². The van der Waals surface area contributed by atoms with Crippen LogP contribution in [0.1, 0.15) is 25.3 Å². The Morgan fingerprint density at radius 2 is 2.05 bits per heavy atom. The van der Waals surface area contributed by atoms with E-state index in [1.54, 1.807) is 29.2 Å². The van der Waals surface area contributed by atoms with E-state index in [1.165, 1.54) is 0 Å². The average molecular weight is 277 g/mol. The molecule has 0 saturated carbocycles. The minimum absolute atomic E-state index is 0.0668. The van der Waals surface area contributed by atoms with Crippen LogP contribution in [0.2, 0.25) is 0 Å². The van der Waals surface area contributed by atoms with Crippen LogP contribution in [0.25, 0.3) is 0 Å². The average Bonchev–Trinajstić information content (AvgIpc) is 2.41. The normalized spacial score (nSPS) is 22.6. The molecule has 20 heavy (non-hydrogen) atoms. The van der Waals surface area contributed by atoms with Crippen LogP contribution >= 0.6 is 0 Å². The van der Waals surface area contributed by atoms with Gasteiger partial charge >= 0.3 is 5.97 Å². The van der Waals surface area contributed by atoms with Gasteiger partial charge in [-0.2, -0.15) is 0 Å². The molecular formula is C15H19NO4. The second kappa shape index (κ2) is 5.94. The molecule has 1 aliphatic rings. The van der Waals surface area contributed by atoms with Gasteiger partial charge in [0, 0.05) is 18.2 Å². The van der Waals surface area contributed by atoms with Crippen molar-refractivity contribution in [3.05, 3.63) is 29.8 Å². The number of hydrogen-bond acceptors (Lipinski definition) is 3. The third kappa shape index (κ3) is 3.10. The first kappa shape index (κ1) is 14.4. The number of amides is 1. The third-order valence-electron chi connectivity index (χ3n) is 3.88. The predicted molar refractivity (Wildman–Crippen MR) is 73.3 cm³/mol. The quantitative estimate of drug-likeness (QED) is 0.880. The van der Waals surface area contributed by atoms with Crippen LogP contribution in [-0.4, -0.2) is 39.6 Å². The number of phenols is 1. The largest absolute Gasteiger partial charge is 0.508 e. The van der Waals surface area contributed by atoms with Gasteiger partial charge in [0.1, 0.15) is 5.75 Å². The summed E-state index contributed by atoms with van der Waals surface area (Å²) in [6, 6.07) is 6.69. The number of piperidine rings is 1. The molecule has 1 fully saturated rings. The van der Waals surface area contributed by atoms with Crippen molar-refractivity contribution in [2.75, 3.05) is 6.54 Å². The zero-order chi connectivity index (χ0) is 14.7. The van der Waals surface area contributed by atoms with Crippen molar-refractivity contribution >= 4 is 11.9 Å². The lowest BCUT2D eigenvalue weighted by molar-refractivity contribution is -0.147. The lowest BCUT2D eigenvalue weighted by Gasteiger charge is -2.36. The van der Waals surface area contributed by atoms with E-state index in [0.717, 1.165) is 0 Å². The zero-order valence-corrected chi connectivity index (χ0v) is 11.5. The highest BCUT2D eigenvalue weighted by molar-refractivity contribution is 5.80. The SMILES string of the molecule is CC1CC(C(=O)O)CCN1C(=O)Cc1ccccc1O. The number of likely N-dealkylation sites (tertiary alicyclic amines) is 1. The highest BCUT2D eigenvalue weighted by Crippen LogP contribution is 2.25. The molecule has 5 nitrogen and oxygen atoms in total. The van der Waals surface area contributed by atoms with Gasteiger partial charge in [-0.05, 0) is 25.8 Å². The highest BCUT2D eigenvalue weighted by Gasteiger charge is 2.32. The van der Waals surface area contributed by atoms with Gasteiger partial charge in [-0.1, -0.05) is 18.2 Å². The van der Waals surface area contributed by atoms with Crippen LogP contribution in [0.15, 0.2) is 24.3 Å². The molecule has 1 saturated heterocycles. The molecule has 0 aromatic heterocycles. The second-order valence-corrected chi connectivity index (χ2v) is 5.30. The smallest absolute Gasteiger partial charge is 0.306 e. The van der Waals surface area contributed by atoms with E-state index < -0.39 is 5.97 Å². The maximum Gasteiger partial charge on any atom is 0.306 e. The Labute approximate surface area is 117 Å². The first-order valence-electron chi connectivity index (χ1n) is 6.78. The number of carboxylic acids is 1. The van der Waals surface area contributed by atoms with Gasteiger partial charge in [-0.25, -0.2) is 0 Å². The van der Waals surface area contributed by atoms with Gasteiger partial charge < -0.3 is 15.1 Å². The second-order valence-electron chi connectivity index (χ2n) is 5.30. The molecule has 1 heterocycles. The third-order valence-corrected chi connectivity index (χ3v) is 3.88. The number of carbonyl (C=O) groups is 2. The first-order valence-corrected chi connectivity index (χ1v) is 6.78. The Morgan fingerprint density at radius 3 is 2.65 bits per heavy atom. The van der Waals surface area contributed by atoms with Crippen molar-refractivity contribution in [3.8, 4) is 5.75 Å². The van der Waals surface area contributed by atoms with Crippen LogP contribution in [0.4, 0.5) is 0 Å². The van der Waals surface area contributed by atoms with Crippen molar-refractivity contribution in [1.82, 2.24) is 4.90 Å². The summed E-state index contributed by atoms with van der Waals surface area (Å²) in [5, 5.41) is 18.7. The minimum Gasteiger partial charge on any atom is -0.508 e. The molecule has 1 aliphatic heterocycles. The van der Waals surface area contributed by atoms with E-state index in [1.807, 2.05) is 6.92 Å². The molecule has 0 spiro atoms. The van der Waals surface area contributed by atoms with Crippen molar-refractivity contribution in [1.29, 1.82) is 0 Å². The van der Waals surface area contributed by atoms with E-state index in [4.69, 9.17) is 5.11 Å². The lowest BCUT2D eigenvalue weighted by atomic mass is 9.91. The van der Waals surface area contributed by atoms with Gasteiger partial charge in [-0.15, -0.1) is 0 Å². The van der Waals surface area contributed by atoms with Gasteiger partial charge in [0.2, 0.25) is 5.91 Å². The Bertz CT molecular complexity index is 514. The summed E-state index contributed by atoms with van der Waals surface area (Å²) in [5.74, 6) is -1.10. The Balaban J connectivity index is 2.00. The molecule has 108 valence electrons. The van der Waals surface area contributed by atoms with Crippen molar-refractivity contribution in [2.24, 2.45) is 5.92 Å². The van der Waals surface area contributed by atoms with E-state index in [0.29, 0.717) is 24.9 Å². The number of rotatable bonds is 3. The molecule has 2 unspecified atom stereocenters. The number of hydrogen-bond donors (Lipinski definition) is 2. The van der Waals surface area contributed by atoms with Gasteiger partial charge in [-0.3, -0.25) is 9.59 Å². The van der Waals surface area contributed by atoms with Crippen LogP contribution in [-0.2, 0) is 16.0 Å². The molecule has 5 heteroatoms. The topological polar surface area (TPSA) is 77.8 Å². The Morgan fingerprint density at radius 1 is 1.35 bits per heavy atom. The highest BCUT2D eigenvalue weighted by atomic mass is 16.4. The number of carbonyl (C=O) groups excluding carboxylic acids is 1. The molecule has 1 aromatic carbocycles. The lowest BCUT2D eigenvalue weighted by Crippen LogP contribution is -2.46. The van der Waals surface area contributed by atoms with Gasteiger partial charge in [0.15, 0.2) is 0 Å². The number of benzene rings is 1. The van der Waals surface area contributed by atoms with E-state index >= 15 is 0 Å². The first-order chi connectivity index (χ1) is 9.49. The number of aliphatic carboxylic acids is 1. The number of nitrogens with zero attached hydrogens (tertiary/aromatic N) is 1. The molecular weight excluding hydrogens is 258 g/mol. The number of aromatic hydroxyl groups is 1. The Hall–Kier alpha value is -2.04. The predicted octanol–water partition coefficient (Wildman–Crippen LogP) is 1.65. The minimum atomic E-state index is -0.787. The molecule has 0 radical (unpaired) electrons. The van der Waals surface area contributed by atoms with E-state index in [-0.39, 0.29) is 30.0 Å².